The van der Waals surface area contributed by atoms with Gasteiger partial charge in [0, 0.05) is 24.2 Å². The van der Waals surface area contributed by atoms with E-state index < -0.39 is 0 Å². The number of nitrogens with two attached hydrogens (primary N) is 1. The van der Waals surface area contributed by atoms with Gasteiger partial charge in [-0.2, -0.15) is 0 Å². The van der Waals surface area contributed by atoms with Crippen LogP contribution in [0.5, 0.6) is 0 Å². The predicted molar refractivity (Wildman–Crippen MR) is 67.3 cm³/mol. The number of nitrogens with zero attached hydrogens (tertiary/aromatic N) is 1. The first-order chi connectivity index (χ1) is 8.74. The summed E-state index contributed by atoms with van der Waals surface area (Å²) in [5.74, 6) is 0.269. The monoisotopic (exact) mass is 246 g/mol. The number of benzene rings is 1. The van der Waals surface area contributed by atoms with Gasteiger partial charge in [0.25, 0.3) is 5.91 Å². The average molecular weight is 246 g/mol. The number of morpholine rings is 1. The highest BCUT2D eigenvalue weighted by Gasteiger charge is 2.21. The number of carbonyl (C=O) groups is 1. The van der Waals surface area contributed by atoms with Gasteiger partial charge in [-0.3, -0.25) is 4.79 Å². The van der Waals surface area contributed by atoms with E-state index in [-0.39, 0.29) is 5.91 Å². The molecule has 1 aromatic heterocycles. The lowest BCUT2D eigenvalue weighted by molar-refractivity contribution is 0.0284. The smallest absolute Gasteiger partial charge is 0.289 e. The van der Waals surface area contributed by atoms with E-state index in [1.807, 2.05) is 0 Å². The van der Waals surface area contributed by atoms with Crippen LogP contribution in [0.4, 0.5) is 5.69 Å². The van der Waals surface area contributed by atoms with E-state index in [1.165, 1.54) is 0 Å². The third-order valence-corrected chi connectivity index (χ3v) is 3.05. The van der Waals surface area contributed by atoms with E-state index >= 15 is 0 Å². The number of nitrogen functional groups attached to an aromatic ring is 1. The van der Waals surface area contributed by atoms with Gasteiger partial charge in [-0.1, -0.05) is 0 Å². The lowest BCUT2D eigenvalue weighted by Crippen LogP contribution is -2.40. The molecule has 5 heteroatoms. The van der Waals surface area contributed by atoms with E-state index in [0.29, 0.717) is 43.3 Å². The van der Waals surface area contributed by atoms with Gasteiger partial charge in [-0.15, -0.1) is 0 Å². The first-order valence-electron chi connectivity index (χ1n) is 5.90. The van der Waals surface area contributed by atoms with E-state index in [9.17, 15) is 4.79 Å². The normalized spacial score (nSPS) is 16.1. The van der Waals surface area contributed by atoms with Crippen molar-refractivity contribution in [1.82, 2.24) is 4.90 Å². The van der Waals surface area contributed by atoms with Gasteiger partial charge in [-0.25, -0.2) is 0 Å². The predicted octanol–water partition coefficient (Wildman–Crippen LogP) is 1.49. The quantitative estimate of drug-likeness (QED) is 0.774. The van der Waals surface area contributed by atoms with Crippen LogP contribution in [0.2, 0.25) is 0 Å². The van der Waals surface area contributed by atoms with Crippen LogP contribution in [0.25, 0.3) is 11.0 Å². The molecule has 5 nitrogen and oxygen atoms in total. The van der Waals surface area contributed by atoms with Crippen LogP contribution in [0.15, 0.2) is 28.7 Å². The molecule has 1 aliphatic heterocycles. The van der Waals surface area contributed by atoms with Gasteiger partial charge < -0.3 is 19.8 Å². The molecule has 2 aromatic rings. The summed E-state index contributed by atoms with van der Waals surface area (Å²) in [6, 6.07) is 7.08. The first-order valence-corrected chi connectivity index (χ1v) is 5.90. The van der Waals surface area contributed by atoms with E-state index in [1.54, 1.807) is 29.2 Å². The fourth-order valence-electron chi connectivity index (χ4n) is 2.09. The Morgan fingerprint density at radius 1 is 1.22 bits per heavy atom. The second-order valence-electron chi connectivity index (χ2n) is 4.31. The van der Waals surface area contributed by atoms with E-state index in [2.05, 4.69) is 0 Å². The zero-order valence-electron chi connectivity index (χ0n) is 9.89. The van der Waals surface area contributed by atoms with Crippen LogP contribution in [0.3, 0.4) is 0 Å². The molecule has 0 atom stereocenters. The molecule has 1 saturated heterocycles. The summed E-state index contributed by atoms with van der Waals surface area (Å²) in [5, 5.41) is 0.853. The number of furan rings is 1. The Hall–Kier alpha value is -2.01. The standard InChI is InChI=1S/C13H14N2O3/c14-10-1-2-11-9(7-10)8-12(18-11)13(16)15-3-5-17-6-4-15/h1-2,7-8H,3-6,14H2. The fraction of sp³-hybridized carbons (Fsp3) is 0.308. The molecule has 0 spiro atoms. The van der Waals surface area contributed by atoms with Gasteiger partial charge in [0.05, 0.1) is 13.2 Å². The van der Waals surface area contributed by atoms with Gasteiger partial charge in [0.1, 0.15) is 5.58 Å². The van der Waals surface area contributed by atoms with Gasteiger partial charge in [0.15, 0.2) is 5.76 Å². The Kier molecular flexibility index (Phi) is 2.68. The molecule has 1 aromatic carbocycles. The zero-order valence-corrected chi connectivity index (χ0v) is 9.89. The van der Waals surface area contributed by atoms with Crippen LogP contribution >= 0.6 is 0 Å². The second-order valence-corrected chi connectivity index (χ2v) is 4.31. The number of hydrogen-bond acceptors (Lipinski definition) is 4. The summed E-state index contributed by atoms with van der Waals surface area (Å²) in [4.78, 5) is 13.9. The maximum absolute atomic E-state index is 12.2. The summed E-state index contributed by atoms with van der Waals surface area (Å²) in [7, 11) is 0. The Morgan fingerprint density at radius 2 is 2.00 bits per heavy atom. The molecule has 0 unspecified atom stereocenters. The lowest BCUT2D eigenvalue weighted by Gasteiger charge is -2.25. The summed E-state index contributed by atoms with van der Waals surface area (Å²) >= 11 is 0. The number of fused-ring (bicyclic) bond motifs is 1. The molecular weight excluding hydrogens is 232 g/mol. The van der Waals surface area contributed by atoms with Gasteiger partial charge in [0.2, 0.25) is 0 Å². The minimum Gasteiger partial charge on any atom is -0.451 e. The third-order valence-electron chi connectivity index (χ3n) is 3.05. The number of hydrogen-bond donors (Lipinski definition) is 1. The van der Waals surface area contributed by atoms with Gasteiger partial charge in [-0.05, 0) is 24.3 Å². The summed E-state index contributed by atoms with van der Waals surface area (Å²) < 4.78 is 10.8. The van der Waals surface area contributed by atoms with Crippen LogP contribution in [-0.2, 0) is 4.74 Å². The number of carbonyl (C=O) groups excluding carboxylic acids is 1. The van der Waals surface area contributed by atoms with Crippen LogP contribution in [-0.4, -0.2) is 37.1 Å². The molecule has 1 fully saturated rings. The molecule has 1 aliphatic rings. The number of ether oxygens (including phenoxy) is 1. The molecule has 0 bridgehead atoms. The fourth-order valence-corrected chi connectivity index (χ4v) is 2.09. The van der Waals surface area contributed by atoms with Crippen LogP contribution in [0.1, 0.15) is 10.6 Å². The zero-order chi connectivity index (χ0) is 12.5. The highest BCUT2D eigenvalue weighted by Crippen LogP contribution is 2.22. The number of rotatable bonds is 1. The molecule has 18 heavy (non-hydrogen) atoms. The largest absolute Gasteiger partial charge is 0.451 e. The SMILES string of the molecule is Nc1ccc2oc(C(=O)N3CCOCC3)cc2c1. The van der Waals surface area contributed by atoms with Crippen molar-refractivity contribution in [3.63, 3.8) is 0 Å². The van der Waals surface area contributed by atoms with Gasteiger partial charge >= 0.3 is 0 Å². The van der Waals surface area contributed by atoms with E-state index in [0.717, 1.165) is 5.39 Å². The molecule has 0 radical (unpaired) electrons. The number of anilines is 1. The van der Waals surface area contributed by atoms with Crippen molar-refractivity contribution in [2.75, 3.05) is 32.0 Å². The molecule has 3 rings (SSSR count). The Bertz CT molecular complexity index is 585. The molecular formula is C13H14N2O3. The van der Waals surface area contributed by atoms with Crippen molar-refractivity contribution >= 4 is 22.6 Å². The molecule has 2 heterocycles. The Morgan fingerprint density at radius 3 is 2.78 bits per heavy atom. The third kappa shape index (κ3) is 1.93. The van der Waals surface area contributed by atoms with Crippen molar-refractivity contribution in [2.24, 2.45) is 0 Å². The molecule has 2 N–H and O–H groups in total. The van der Waals surface area contributed by atoms with Crippen LogP contribution in [0, 0.1) is 0 Å². The van der Waals surface area contributed by atoms with Crippen molar-refractivity contribution in [3.05, 3.63) is 30.0 Å². The first kappa shape index (κ1) is 11.1. The van der Waals surface area contributed by atoms with E-state index in [4.69, 9.17) is 14.9 Å². The van der Waals surface area contributed by atoms with Crippen molar-refractivity contribution in [3.8, 4) is 0 Å². The number of amides is 1. The molecule has 0 aliphatic carbocycles. The molecule has 1 amide bonds. The highest BCUT2D eigenvalue weighted by molar-refractivity contribution is 5.96. The summed E-state index contributed by atoms with van der Waals surface area (Å²) in [6.45, 7) is 2.38. The average Bonchev–Trinajstić information content (AvgIpc) is 2.81. The maximum Gasteiger partial charge on any atom is 0.289 e. The Balaban J connectivity index is 1.91. The summed E-state index contributed by atoms with van der Waals surface area (Å²) in [5.41, 5.74) is 7.04. The van der Waals surface area contributed by atoms with Crippen molar-refractivity contribution < 1.29 is 13.9 Å². The minimum absolute atomic E-state index is 0.0897. The topological polar surface area (TPSA) is 68.7 Å². The lowest BCUT2D eigenvalue weighted by atomic mass is 10.2. The second kappa shape index (κ2) is 4.34. The van der Waals surface area contributed by atoms with Crippen molar-refractivity contribution in [2.45, 2.75) is 0 Å². The van der Waals surface area contributed by atoms with Crippen LogP contribution < -0.4 is 5.73 Å². The van der Waals surface area contributed by atoms with Crippen molar-refractivity contribution in [1.29, 1.82) is 0 Å². The Labute approximate surface area is 104 Å². The molecule has 94 valence electrons. The minimum atomic E-state index is -0.0897. The maximum atomic E-state index is 12.2. The summed E-state index contributed by atoms with van der Waals surface area (Å²) in [6.07, 6.45) is 0. The highest BCUT2D eigenvalue weighted by atomic mass is 16.5. The molecule has 0 saturated carbocycles.